The Labute approximate surface area is 235 Å². The number of piperazine rings is 1. The smallest absolute Gasteiger partial charge is 0.318 e. The lowest BCUT2D eigenvalue weighted by Gasteiger charge is -2.35. The molecular weight excluding hydrogens is 510 g/mol. The van der Waals surface area contributed by atoms with Crippen LogP contribution in [-0.2, 0) is 12.8 Å². The topological polar surface area (TPSA) is 80.5 Å². The number of fused-ring (bicyclic) bond motifs is 2. The molecule has 4 heterocycles. The van der Waals surface area contributed by atoms with Gasteiger partial charge in [0.25, 0.3) is 0 Å². The predicted octanol–water partition coefficient (Wildman–Crippen LogP) is 4.05. The Morgan fingerprint density at radius 2 is 1.92 bits per heavy atom. The van der Waals surface area contributed by atoms with Crippen LogP contribution in [0, 0.1) is 11.3 Å². The largest absolute Gasteiger partial charge is 0.462 e. The summed E-state index contributed by atoms with van der Waals surface area (Å²) >= 11 is 6.69. The van der Waals surface area contributed by atoms with E-state index in [0.29, 0.717) is 25.1 Å². The summed E-state index contributed by atoms with van der Waals surface area (Å²) in [4.78, 5) is 17.1. The second kappa shape index (κ2) is 11.5. The molecule has 3 aliphatic heterocycles. The van der Waals surface area contributed by atoms with Gasteiger partial charge in [-0.15, -0.1) is 0 Å². The number of nitriles is 1. The maximum absolute atomic E-state index is 9.30. The standard InChI is InChI=1S/C30H36ClN7O/c1-36-15-4-7-23(36)20-39-30-34-26-12-17-37(27-9-3-6-21-5-2-8-25(31)28(21)27)16-11-24(26)29(35-30)38-18-14-33-22(19-38)10-13-32/h2-3,5-6,8-9,22-23,33H,4,7,10-12,14-20H2,1H3/t22-,23+/m1/s1. The molecule has 2 fully saturated rings. The first-order chi connectivity index (χ1) is 19.1. The van der Waals surface area contributed by atoms with Gasteiger partial charge in [-0.1, -0.05) is 35.9 Å². The lowest BCUT2D eigenvalue weighted by Crippen LogP contribution is -2.51. The van der Waals surface area contributed by atoms with E-state index < -0.39 is 0 Å². The number of ether oxygens (including phenoxy) is 1. The van der Waals surface area contributed by atoms with Crippen molar-refractivity contribution in [1.82, 2.24) is 20.2 Å². The van der Waals surface area contributed by atoms with E-state index in [2.05, 4.69) is 57.4 Å². The van der Waals surface area contributed by atoms with E-state index in [1.165, 1.54) is 12.0 Å². The maximum Gasteiger partial charge on any atom is 0.318 e. The molecule has 0 radical (unpaired) electrons. The summed E-state index contributed by atoms with van der Waals surface area (Å²) in [6.07, 6.45) is 4.47. The molecule has 8 nitrogen and oxygen atoms in total. The van der Waals surface area contributed by atoms with Crippen LogP contribution >= 0.6 is 11.6 Å². The molecule has 2 saturated heterocycles. The predicted molar refractivity (Wildman–Crippen MR) is 156 cm³/mol. The van der Waals surface area contributed by atoms with E-state index in [4.69, 9.17) is 26.3 Å². The third-order valence-electron chi connectivity index (χ3n) is 8.44. The van der Waals surface area contributed by atoms with Gasteiger partial charge in [-0.05, 0) is 50.4 Å². The van der Waals surface area contributed by atoms with Crippen LogP contribution in [0.25, 0.3) is 10.8 Å². The molecule has 2 aromatic carbocycles. The van der Waals surface area contributed by atoms with Crippen molar-refractivity contribution >= 4 is 33.9 Å². The van der Waals surface area contributed by atoms with Crippen LogP contribution in [0.1, 0.15) is 30.5 Å². The van der Waals surface area contributed by atoms with Gasteiger partial charge in [-0.25, -0.2) is 0 Å². The van der Waals surface area contributed by atoms with Gasteiger partial charge in [0.2, 0.25) is 0 Å². The molecule has 0 unspecified atom stereocenters. The highest BCUT2D eigenvalue weighted by Gasteiger charge is 2.28. The first kappa shape index (κ1) is 26.1. The van der Waals surface area contributed by atoms with Crippen LogP contribution in [0.2, 0.25) is 5.02 Å². The van der Waals surface area contributed by atoms with Crippen LogP contribution in [-0.4, -0.2) is 79.9 Å². The number of likely N-dealkylation sites (tertiary alicyclic amines) is 1. The normalized spacial score (nSPS) is 22.0. The molecule has 6 rings (SSSR count). The van der Waals surface area contributed by atoms with Crippen molar-refractivity contribution < 1.29 is 4.74 Å². The van der Waals surface area contributed by atoms with Crippen molar-refractivity contribution in [1.29, 1.82) is 5.26 Å². The van der Waals surface area contributed by atoms with Gasteiger partial charge < -0.3 is 24.8 Å². The summed E-state index contributed by atoms with van der Waals surface area (Å²) in [6, 6.07) is 15.8. The molecule has 3 aliphatic rings. The number of hydrogen-bond donors (Lipinski definition) is 1. The number of aromatic nitrogens is 2. The first-order valence-corrected chi connectivity index (χ1v) is 14.5. The van der Waals surface area contributed by atoms with Gasteiger partial charge in [0.15, 0.2) is 0 Å². The molecule has 9 heteroatoms. The molecule has 1 aromatic heterocycles. The number of hydrogen-bond acceptors (Lipinski definition) is 8. The van der Waals surface area contributed by atoms with Crippen molar-refractivity contribution in [2.75, 3.05) is 62.7 Å². The Balaban J connectivity index is 1.31. The zero-order chi connectivity index (χ0) is 26.8. The molecule has 0 bridgehead atoms. The average molecular weight is 546 g/mol. The molecule has 204 valence electrons. The van der Waals surface area contributed by atoms with Crippen molar-refractivity contribution in [2.45, 2.75) is 44.2 Å². The van der Waals surface area contributed by atoms with E-state index in [1.54, 1.807) is 0 Å². The number of rotatable bonds is 6. The molecule has 0 amide bonds. The molecular formula is C30H36ClN7O. The van der Waals surface area contributed by atoms with Gasteiger partial charge in [0.05, 0.1) is 23.2 Å². The average Bonchev–Trinajstić information content (AvgIpc) is 3.24. The number of anilines is 2. The highest BCUT2D eigenvalue weighted by Crippen LogP contribution is 2.35. The van der Waals surface area contributed by atoms with Crippen molar-refractivity contribution in [3.05, 3.63) is 52.7 Å². The van der Waals surface area contributed by atoms with Crippen LogP contribution < -0.4 is 19.9 Å². The number of nitrogens with zero attached hydrogens (tertiary/aromatic N) is 6. The fourth-order valence-corrected chi connectivity index (χ4v) is 6.57. The lowest BCUT2D eigenvalue weighted by atomic mass is 10.1. The zero-order valence-electron chi connectivity index (χ0n) is 22.6. The van der Waals surface area contributed by atoms with E-state index >= 15 is 0 Å². The minimum absolute atomic E-state index is 0.131. The Hall–Kier alpha value is -3.12. The summed E-state index contributed by atoms with van der Waals surface area (Å²) in [5.41, 5.74) is 3.43. The zero-order valence-corrected chi connectivity index (χ0v) is 23.3. The van der Waals surface area contributed by atoms with Crippen molar-refractivity contribution in [3.8, 4) is 12.1 Å². The van der Waals surface area contributed by atoms with E-state index in [1.807, 2.05) is 12.1 Å². The van der Waals surface area contributed by atoms with Crippen molar-refractivity contribution in [2.24, 2.45) is 0 Å². The highest BCUT2D eigenvalue weighted by molar-refractivity contribution is 6.36. The van der Waals surface area contributed by atoms with Gasteiger partial charge in [0.1, 0.15) is 12.4 Å². The van der Waals surface area contributed by atoms with Crippen LogP contribution in [0.4, 0.5) is 11.5 Å². The SMILES string of the molecule is CN1CCC[C@H]1COc1nc2c(c(N3CCN[C@H](CC#N)C3)n1)CCN(c1cccc3cccc(Cl)c13)CC2. The Morgan fingerprint density at radius 3 is 2.74 bits per heavy atom. The van der Waals surface area contributed by atoms with E-state index in [-0.39, 0.29) is 6.04 Å². The summed E-state index contributed by atoms with van der Waals surface area (Å²) in [5, 5.41) is 15.8. The van der Waals surface area contributed by atoms with Gasteiger partial charge in [-0.3, -0.25) is 0 Å². The number of nitrogens with one attached hydrogen (secondary N) is 1. The minimum atomic E-state index is 0.131. The molecule has 0 spiro atoms. The maximum atomic E-state index is 9.30. The number of benzene rings is 2. The quantitative estimate of drug-likeness (QED) is 0.497. The van der Waals surface area contributed by atoms with Gasteiger partial charge >= 0.3 is 6.01 Å². The molecule has 1 N–H and O–H groups in total. The van der Waals surface area contributed by atoms with Crippen molar-refractivity contribution in [3.63, 3.8) is 0 Å². The molecule has 0 aliphatic carbocycles. The summed E-state index contributed by atoms with van der Waals surface area (Å²) in [5.74, 6) is 0.969. The molecule has 3 aromatic rings. The summed E-state index contributed by atoms with van der Waals surface area (Å²) < 4.78 is 6.27. The monoisotopic (exact) mass is 545 g/mol. The Kier molecular flexibility index (Phi) is 7.73. The third-order valence-corrected chi connectivity index (χ3v) is 8.76. The Morgan fingerprint density at radius 1 is 1.08 bits per heavy atom. The van der Waals surface area contributed by atoms with Gasteiger partial charge in [-0.2, -0.15) is 15.2 Å². The number of halogens is 1. The van der Waals surface area contributed by atoms with Gasteiger partial charge in [0, 0.05) is 67.9 Å². The third kappa shape index (κ3) is 5.49. The Bertz CT molecular complexity index is 1370. The minimum Gasteiger partial charge on any atom is -0.462 e. The number of likely N-dealkylation sites (N-methyl/N-ethyl adjacent to an activating group) is 1. The first-order valence-electron chi connectivity index (χ1n) is 14.1. The van der Waals surface area contributed by atoms with Crippen LogP contribution in [0.5, 0.6) is 6.01 Å². The van der Waals surface area contributed by atoms with E-state index in [9.17, 15) is 5.26 Å². The second-order valence-corrected chi connectivity index (χ2v) is 11.3. The summed E-state index contributed by atoms with van der Waals surface area (Å²) in [6.45, 7) is 5.84. The second-order valence-electron chi connectivity index (χ2n) is 10.9. The molecule has 39 heavy (non-hydrogen) atoms. The molecule has 0 saturated carbocycles. The summed E-state index contributed by atoms with van der Waals surface area (Å²) in [7, 11) is 2.16. The van der Waals surface area contributed by atoms with Crippen LogP contribution in [0.15, 0.2) is 36.4 Å². The lowest BCUT2D eigenvalue weighted by molar-refractivity contribution is 0.187. The van der Waals surface area contributed by atoms with E-state index in [0.717, 1.165) is 91.5 Å². The fourth-order valence-electron chi connectivity index (χ4n) is 6.29. The molecule has 2 atom stereocenters. The fraction of sp³-hybridized carbons (Fsp3) is 0.500. The van der Waals surface area contributed by atoms with Crippen LogP contribution in [0.3, 0.4) is 0 Å². The highest BCUT2D eigenvalue weighted by atomic mass is 35.5.